The fraction of sp³-hybridized carbons (Fsp3) is 0.227. The van der Waals surface area contributed by atoms with Gasteiger partial charge in [0.1, 0.15) is 11.1 Å². The predicted octanol–water partition coefficient (Wildman–Crippen LogP) is 3.52. The minimum atomic E-state index is 0.625. The number of benzene rings is 1. The van der Waals surface area contributed by atoms with Crippen LogP contribution in [0.1, 0.15) is 25.1 Å². The van der Waals surface area contributed by atoms with E-state index >= 15 is 0 Å². The van der Waals surface area contributed by atoms with Gasteiger partial charge in [-0.3, -0.25) is 4.98 Å². The molecule has 0 bridgehead atoms. The topological polar surface area (TPSA) is 59.5 Å². The molecule has 28 heavy (non-hydrogen) atoms. The Morgan fingerprint density at radius 1 is 1.07 bits per heavy atom. The lowest BCUT2D eigenvalue weighted by Crippen LogP contribution is -2.21. The molecule has 0 aliphatic carbocycles. The van der Waals surface area contributed by atoms with Crippen molar-refractivity contribution >= 4 is 33.9 Å². The van der Waals surface area contributed by atoms with Gasteiger partial charge in [0.05, 0.1) is 17.8 Å². The van der Waals surface area contributed by atoms with Crippen LogP contribution in [0, 0.1) is 5.92 Å². The van der Waals surface area contributed by atoms with E-state index in [2.05, 4.69) is 64.3 Å². The Labute approximate surface area is 162 Å². The minimum Gasteiger partial charge on any atom is -0.256 e. The predicted molar refractivity (Wildman–Crippen MR) is 110 cm³/mol. The van der Waals surface area contributed by atoms with Gasteiger partial charge < -0.3 is 0 Å². The van der Waals surface area contributed by atoms with E-state index in [0.717, 1.165) is 45.4 Å². The van der Waals surface area contributed by atoms with Crippen molar-refractivity contribution in [2.24, 2.45) is 5.92 Å². The van der Waals surface area contributed by atoms with Gasteiger partial charge in [-0.25, -0.2) is 14.2 Å². The fourth-order valence-electron chi connectivity index (χ4n) is 3.52. The van der Waals surface area contributed by atoms with Crippen LogP contribution < -0.4 is 0 Å². The molecule has 6 heteroatoms. The second-order valence-corrected chi connectivity index (χ2v) is 7.62. The molecule has 0 spiro atoms. The lowest BCUT2D eigenvalue weighted by Gasteiger charge is -2.10. The van der Waals surface area contributed by atoms with Gasteiger partial charge in [-0.1, -0.05) is 31.2 Å². The van der Waals surface area contributed by atoms with E-state index in [1.165, 1.54) is 0 Å². The number of rotatable bonds is 5. The molecule has 4 aromatic rings. The van der Waals surface area contributed by atoms with Crippen molar-refractivity contribution in [3.05, 3.63) is 66.1 Å². The lowest BCUT2D eigenvalue weighted by molar-refractivity contribution is -0.465. The normalized spacial score (nSPS) is 13.7. The first-order chi connectivity index (χ1) is 13.7. The fourth-order valence-corrected chi connectivity index (χ4v) is 3.52. The summed E-state index contributed by atoms with van der Waals surface area (Å²) in [6, 6.07) is 14.3. The average Bonchev–Trinajstić information content (AvgIpc) is 3.06. The summed E-state index contributed by atoms with van der Waals surface area (Å²) >= 11 is 0. The van der Waals surface area contributed by atoms with E-state index in [0.29, 0.717) is 12.5 Å². The van der Waals surface area contributed by atoms with Gasteiger partial charge in [-0.2, -0.15) is 0 Å². The maximum Gasteiger partial charge on any atom is 0.184 e. The Morgan fingerprint density at radius 3 is 2.79 bits per heavy atom. The largest absolute Gasteiger partial charge is 0.256 e. The molecule has 1 aliphatic heterocycles. The summed E-state index contributed by atoms with van der Waals surface area (Å²) in [6.07, 6.45) is 6.12. The van der Waals surface area contributed by atoms with Crippen molar-refractivity contribution in [2.75, 3.05) is 6.54 Å². The zero-order chi connectivity index (χ0) is 19.1. The van der Waals surface area contributed by atoms with Gasteiger partial charge in [0, 0.05) is 17.5 Å². The number of fused-ring (bicyclic) bond motifs is 2. The minimum absolute atomic E-state index is 0.625. The highest BCUT2D eigenvalue weighted by atomic mass is 15.4. The number of aromatic nitrogens is 5. The molecule has 4 heterocycles. The molecule has 0 saturated carbocycles. The summed E-state index contributed by atoms with van der Waals surface area (Å²) in [5.41, 5.74) is 5.86. The molecule has 0 fully saturated rings. The Morgan fingerprint density at radius 2 is 1.93 bits per heavy atom. The van der Waals surface area contributed by atoms with Crippen LogP contribution in [0.2, 0.25) is 0 Å². The molecule has 0 amide bonds. The molecule has 1 aromatic carbocycles. The van der Waals surface area contributed by atoms with E-state index in [4.69, 9.17) is 4.98 Å². The Hall–Kier alpha value is -3.41. The Kier molecular flexibility index (Phi) is 3.97. The molecule has 0 radical (unpaired) electrons. The first kappa shape index (κ1) is 16.7. The van der Waals surface area contributed by atoms with Crippen LogP contribution in [0.5, 0.6) is 0 Å². The highest BCUT2D eigenvalue weighted by Gasteiger charge is 2.21. The summed E-state index contributed by atoms with van der Waals surface area (Å²) in [6.45, 7) is 6.09. The summed E-state index contributed by atoms with van der Waals surface area (Å²) in [7, 11) is 0. The van der Waals surface area contributed by atoms with Gasteiger partial charge in [-0.05, 0) is 35.9 Å². The highest BCUT2D eigenvalue weighted by molar-refractivity contribution is 6.09. The van der Waals surface area contributed by atoms with Crippen LogP contribution in [-0.4, -0.2) is 42.3 Å². The van der Waals surface area contributed by atoms with Crippen LogP contribution in [0.25, 0.3) is 27.6 Å². The van der Waals surface area contributed by atoms with Crippen LogP contribution in [0.3, 0.4) is 0 Å². The summed E-state index contributed by atoms with van der Waals surface area (Å²) in [5, 5.41) is 9.71. The summed E-state index contributed by atoms with van der Waals surface area (Å²) < 4.78 is 4.08. The second-order valence-electron chi connectivity index (χ2n) is 7.62. The summed E-state index contributed by atoms with van der Waals surface area (Å²) in [4.78, 5) is 9.21. The Balaban J connectivity index is 1.43. The third-order valence-electron chi connectivity index (χ3n) is 4.84. The molecule has 0 atom stereocenters. The third-order valence-corrected chi connectivity index (χ3v) is 4.84. The molecular weight excluding hydrogens is 348 g/mol. The second kappa shape index (κ2) is 6.64. The van der Waals surface area contributed by atoms with Crippen LogP contribution in [0.4, 0.5) is 0 Å². The quantitative estimate of drug-likeness (QED) is 0.505. The molecule has 138 valence electrons. The smallest absolute Gasteiger partial charge is 0.184 e. The molecule has 0 N–H and O–H groups in total. The number of hydrogen-bond donors (Lipinski definition) is 0. The van der Waals surface area contributed by atoms with E-state index in [9.17, 15) is 0 Å². The molecule has 0 unspecified atom stereocenters. The zero-order valence-electron chi connectivity index (χ0n) is 15.9. The maximum absolute atomic E-state index is 4.83. The Bertz CT molecular complexity index is 1250. The standard InChI is InChI=1S/C22H21N6/c1-15(2)11-27-13-18(14-27)20-7-8-21-22(24-20)28(26-25-21)12-16-5-6-19-17(10-16)4-3-9-23-19/h3-10,13-15H,11-12H2,1-2H3/q+1. The first-order valence-corrected chi connectivity index (χ1v) is 9.52. The lowest BCUT2D eigenvalue weighted by atomic mass is 10.1. The molecule has 0 saturated heterocycles. The van der Waals surface area contributed by atoms with Crippen LogP contribution in [-0.2, 0) is 6.54 Å². The van der Waals surface area contributed by atoms with Gasteiger partial charge >= 0.3 is 0 Å². The monoisotopic (exact) mass is 369 g/mol. The number of allylic oxidation sites excluding steroid dienone is 1. The third kappa shape index (κ3) is 3.07. The molecular formula is C22H21N6+. The molecule has 3 aromatic heterocycles. The van der Waals surface area contributed by atoms with E-state index in [1.807, 2.05) is 35.1 Å². The van der Waals surface area contributed by atoms with Crippen molar-refractivity contribution in [3.8, 4) is 0 Å². The van der Waals surface area contributed by atoms with Gasteiger partial charge in [-0.15, -0.1) is 5.10 Å². The van der Waals surface area contributed by atoms with Crippen molar-refractivity contribution in [2.45, 2.75) is 20.4 Å². The molecule has 6 nitrogen and oxygen atoms in total. The van der Waals surface area contributed by atoms with E-state index in [-0.39, 0.29) is 0 Å². The zero-order valence-corrected chi connectivity index (χ0v) is 15.9. The molecule has 1 aliphatic rings. The van der Waals surface area contributed by atoms with Crippen LogP contribution in [0.15, 0.2) is 54.9 Å². The van der Waals surface area contributed by atoms with E-state index in [1.54, 1.807) is 0 Å². The highest BCUT2D eigenvalue weighted by Crippen LogP contribution is 2.20. The first-order valence-electron chi connectivity index (χ1n) is 9.52. The molecule has 5 rings (SSSR count). The van der Waals surface area contributed by atoms with Crippen molar-refractivity contribution in [1.82, 2.24) is 25.0 Å². The van der Waals surface area contributed by atoms with Crippen molar-refractivity contribution in [1.29, 1.82) is 0 Å². The van der Waals surface area contributed by atoms with Crippen molar-refractivity contribution < 1.29 is 4.58 Å². The summed E-state index contributed by atoms with van der Waals surface area (Å²) in [5.74, 6) is 0.632. The van der Waals surface area contributed by atoms with Gasteiger partial charge in [0.25, 0.3) is 0 Å². The average molecular weight is 369 g/mol. The van der Waals surface area contributed by atoms with Gasteiger partial charge in [0.2, 0.25) is 0 Å². The van der Waals surface area contributed by atoms with Crippen LogP contribution >= 0.6 is 0 Å². The number of nitrogens with zero attached hydrogens (tertiary/aromatic N) is 6. The number of pyridine rings is 2. The van der Waals surface area contributed by atoms with Crippen molar-refractivity contribution in [3.63, 3.8) is 0 Å². The van der Waals surface area contributed by atoms with E-state index < -0.39 is 0 Å². The van der Waals surface area contributed by atoms with Gasteiger partial charge in [0.15, 0.2) is 24.6 Å². The SMILES string of the molecule is CC(C)C[N+]1=CC(c2ccc3nnn(Cc4ccc5ncccc5c4)c3n2)=C1. The maximum atomic E-state index is 4.83. The number of hydrogen-bond acceptors (Lipinski definition) is 4.